The van der Waals surface area contributed by atoms with E-state index in [0.717, 1.165) is 12.1 Å². The molecule has 2 nitrogen and oxygen atoms in total. The van der Waals surface area contributed by atoms with Crippen molar-refractivity contribution in [1.82, 2.24) is 5.32 Å². The standard InChI is InChI=1S/C14H14Cl2F3NO/c1-8(20-11(21)12(2)7-13(12,15)16)9-4-3-5-10(6-9)14(17,18)19/h3-6,8H,7H2,1-2H3,(H,20,21). The number of hydrogen-bond donors (Lipinski definition) is 1. The summed E-state index contributed by atoms with van der Waals surface area (Å²) in [5.74, 6) is -0.364. The molecule has 0 spiro atoms. The van der Waals surface area contributed by atoms with Crippen LogP contribution in [0.4, 0.5) is 13.2 Å². The van der Waals surface area contributed by atoms with E-state index in [9.17, 15) is 18.0 Å². The lowest BCUT2D eigenvalue weighted by atomic mass is 10.0. The van der Waals surface area contributed by atoms with Gasteiger partial charge in [0.1, 0.15) is 4.33 Å². The minimum Gasteiger partial charge on any atom is -0.349 e. The van der Waals surface area contributed by atoms with Gasteiger partial charge in [0, 0.05) is 0 Å². The van der Waals surface area contributed by atoms with Gasteiger partial charge in [-0.2, -0.15) is 13.2 Å². The molecule has 0 bridgehead atoms. The fourth-order valence-corrected chi connectivity index (χ4v) is 2.78. The number of alkyl halides is 5. The van der Waals surface area contributed by atoms with Crippen LogP contribution >= 0.6 is 23.2 Å². The minimum atomic E-state index is -4.41. The van der Waals surface area contributed by atoms with Gasteiger partial charge in [0.15, 0.2) is 0 Å². The summed E-state index contributed by atoms with van der Waals surface area (Å²) in [6, 6.07) is 4.29. The largest absolute Gasteiger partial charge is 0.416 e. The molecule has 0 aliphatic heterocycles. The van der Waals surface area contributed by atoms with Crippen molar-refractivity contribution < 1.29 is 18.0 Å². The van der Waals surface area contributed by atoms with Crippen molar-refractivity contribution in [2.45, 2.75) is 36.8 Å². The Morgan fingerprint density at radius 3 is 2.43 bits per heavy atom. The lowest BCUT2D eigenvalue weighted by Gasteiger charge is -2.19. The number of carbonyl (C=O) groups excluding carboxylic acids is 1. The summed E-state index contributed by atoms with van der Waals surface area (Å²) >= 11 is 11.8. The molecule has 116 valence electrons. The zero-order valence-electron chi connectivity index (χ0n) is 11.4. The predicted octanol–water partition coefficient (Wildman–Crippen LogP) is 4.47. The van der Waals surface area contributed by atoms with E-state index in [1.165, 1.54) is 12.1 Å². The molecule has 2 unspecified atom stereocenters. The van der Waals surface area contributed by atoms with E-state index in [4.69, 9.17) is 23.2 Å². The zero-order chi connectivity index (χ0) is 16.1. The van der Waals surface area contributed by atoms with E-state index in [2.05, 4.69) is 5.32 Å². The highest BCUT2D eigenvalue weighted by Crippen LogP contribution is 2.63. The Morgan fingerprint density at radius 2 is 1.95 bits per heavy atom. The first-order valence-electron chi connectivity index (χ1n) is 6.33. The summed E-state index contributed by atoms with van der Waals surface area (Å²) < 4.78 is 36.9. The van der Waals surface area contributed by atoms with Gasteiger partial charge in [0.25, 0.3) is 0 Å². The van der Waals surface area contributed by atoms with Gasteiger partial charge in [-0.3, -0.25) is 4.79 Å². The molecule has 1 fully saturated rings. The number of rotatable bonds is 3. The number of benzene rings is 1. The highest BCUT2D eigenvalue weighted by atomic mass is 35.5. The molecule has 0 radical (unpaired) electrons. The van der Waals surface area contributed by atoms with Crippen molar-refractivity contribution >= 4 is 29.1 Å². The molecule has 0 heterocycles. The summed E-state index contributed by atoms with van der Waals surface area (Å²) in [6.45, 7) is 3.24. The van der Waals surface area contributed by atoms with Gasteiger partial charge in [0.05, 0.1) is 17.0 Å². The third-order valence-corrected chi connectivity index (χ3v) is 4.92. The molecule has 1 saturated carbocycles. The molecule has 1 amide bonds. The maximum Gasteiger partial charge on any atom is 0.416 e. The molecule has 2 rings (SSSR count). The number of halogens is 5. The quantitative estimate of drug-likeness (QED) is 0.809. The van der Waals surface area contributed by atoms with Gasteiger partial charge in [-0.05, 0) is 38.0 Å². The molecule has 7 heteroatoms. The summed E-state index contributed by atoms with van der Waals surface area (Å²) in [6.07, 6.45) is -4.09. The maximum atomic E-state index is 12.7. The van der Waals surface area contributed by atoms with Gasteiger partial charge in [-0.25, -0.2) is 0 Å². The molecule has 1 N–H and O–H groups in total. The summed E-state index contributed by atoms with van der Waals surface area (Å²) in [4.78, 5) is 12.1. The lowest BCUT2D eigenvalue weighted by molar-refractivity contribution is -0.137. The fraction of sp³-hybridized carbons (Fsp3) is 0.500. The highest BCUT2D eigenvalue weighted by Gasteiger charge is 2.67. The first kappa shape index (κ1) is 16.4. The Labute approximate surface area is 130 Å². The van der Waals surface area contributed by atoms with Gasteiger partial charge in [-0.1, -0.05) is 12.1 Å². The number of hydrogen-bond acceptors (Lipinski definition) is 1. The van der Waals surface area contributed by atoms with Crippen molar-refractivity contribution in [3.8, 4) is 0 Å². The van der Waals surface area contributed by atoms with Gasteiger partial charge in [-0.15, -0.1) is 23.2 Å². The van der Waals surface area contributed by atoms with Gasteiger partial charge >= 0.3 is 6.18 Å². The van der Waals surface area contributed by atoms with Crippen molar-refractivity contribution in [1.29, 1.82) is 0 Å². The third kappa shape index (κ3) is 3.14. The van der Waals surface area contributed by atoms with Crippen molar-refractivity contribution in [2.24, 2.45) is 5.41 Å². The maximum absolute atomic E-state index is 12.7. The van der Waals surface area contributed by atoms with Crippen molar-refractivity contribution in [3.63, 3.8) is 0 Å². The second-order valence-electron chi connectivity index (χ2n) is 5.53. The van der Waals surface area contributed by atoms with Crippen LogP contribution < -0.4 is 5.32 Å². The van der Waals surface area contributed by atoms with Crippen molar-refractivity contribution in [2.75, 3.05) is 0 Å². The minimum absolute atomic E-state index is 0.324. The lowest BCUT2D eigenvalue weighted by Crippen LogP contribution is -2.35. The van der Waals surface area contributed by atoms with E-state index in [-0.39, 0.29) is 5.91 Å². The van der Waals surface area contributed by atoms with Crippen LogP contribution in [-0.2, 0) is 11.0 Å². The Hall–Kier alpha value is -0.940. The number of amides is 1. The van der Waals surface area contributed by atoms with Gasteiger partial charge in [0.2, 0.25) is 5.91 Å². The average Bonchev–Trinajstić information content (AvgIpc) is 2.89. The fourth-order valence-electron chi connectivity index (χ4n) is 2.07. The first-order valence-corrected chi connectivity index (χ1v) is 7.09. The molecular weight excluding hydrogens is 326 g/mol. The van der Waals surface area contributed by atoms with E-state index in [1.54, 1.807) is 13.8 Å². The van der Waals surface area contributed by atoms with Crippen LogP contribution in [-0.4, -0.2) is 10.2 Å². The summed E-state index contributed by atoms with van der Waals surface area (Å²) in [7, 11) is 0. The smallest absolute Gasteiger partial charge is 0.349 e. The van der Waals surface area contributed by atoms with Crippen LogP contribution in [0.2, 0.25) is 0 Å². The van der Waals surface area contributed by atoms with Gasteiger partial charge < -0.3 is 5.32 Å². The number of nitrogens with one attached hydrogen (secondary N) is 1. The molecule has 0 saturated heterocycles. The molecule has 1 aliphatic carbocycles. The molecule has 1 aromatic carbocycles. The van der Waals surface area contributed by atoms with Crippen LogP contribution in [0.1, 0.15) is 37.4 Å². The number of carbonyl (C=O) groups is 1. The van der Waals surface area contributed by atoms with E-state index in [0.29, 0.717) is 12.0 Å². The average molecular weight is 340 g/mol. The van der Waals surface area contributed by atoms with E-state index < -0.39 is 27.5 Å². The Bertz CT molecular complexity index is 574. The van der Waals surface area contributed by atoms with Crippen LogP contribution in [0, 0.1) is 5.41 Å². The van der Waals surface area contributed by atoms with E-state index >= 15 is 0 Å². The highest BCUT2D eigenvalue weighted by molar-refractivity contribution is 6.53. The monoisotopic (exact) mass is 339 g/mol. The Morgan fingerprint density at radius 1 is 1.38 bits per heavy atom. The Balaban J connectivity index is 2.11. The Kier molecular flexibility index (Phi) is 3.96. The predicted molar refractivity (Wildman–Crippen MR) is 75.2 cm³/mol. The second kappa shape index (κ2) is 5.06. The van der Waals surface area contributed by atoms with Crippen molar-refractivity contribution in [3.05, 3.63) is 35.4 Å². The normalized spacial score (nSPS) is 25.3. The zero-order valence-corrected chi connectivity index (χ0v) is 12.9. The molecule has 1 aromatic rings. The van der Waals surface area contributed by atoms with Crippen LogP contribution in [0.5, 0.6) is 0 Å². The SMILES string of the molecule is CC(NC(=O)C1(C)CC1(Cl)Cl)c1cccc(C(F)(F)F)c1. The molecule has 1 aliphatic rings. The summed E-state index contributed by atoms with van der Waals surface area (Å²) in [5.41, 5.74) is -1.27. The molecular formula is C14H14Cl2F3NO. The molecule has 0 aromatic heterocycles. The molecule has 21 heavy (non-hydrogen) atoms. The third-order valence-electron chi connectivity index (χ3n) is 3.82. The van der Waals surface area contributed by atoms with E-state index in [1.807, 2.05) is 0 Å². The van der Waals surface area contributed by atoms with Crippen LogP contribution in [0.3, 0.4) is 0 Å². The topological polar surface area (TPSA) is 29.1 Å². The van der Waals surface area contributed by atoms with Crippen LogP contribution in [0.15, 0.2) is 24.3 Å². The second-order valence-corrected chi connectivity index (χ2v) is 7.02. The molecule has 2 atom stereocenters. The summed E-state index contributed by atoms with van der Waals surface area (Å²) in [5, 5.41) is 2.66. The first-order chi connectivity index (χ1) is 9.47. The van der Waals surface area contributed by atoms with Crippen LogP contribution in [0.25, 0.3) is 0 Å².